The van der Waals surface area contributed by atoms with Crippen LogP contribution in [0.1, 0.15) is 23.1 Å². The molecule has 5 rings (SSSR count). The number of rotatable bonds is 2. The molecule has 0 saturated carbocycles. The van der Waals surface area contributed by atoms with Crippen LogP contribution in [-0.4, -0.2) is 56.3 Å². The van der Waals surface area contributed by atoms with Gasteiger partial charge in [0.05, 0.1) is 17.7 Å². The first-order valence-electron chi connectivity index (χ1n) is 9.37. The van der Waals surface area contributed by atoms with Crippen LogP contribution in [-0.2, 0) is 10.0 Å². The van der Waals surface area contributed by atoms with Crippen LogP contribution in [0.4, 0.5) is 0 Å². The molecule has 0 fully saturated rings. The maximum absolute atomic E-state index is 11.8. The van der Waals surface area contributed by atoms with Gasteiger partial charge in [-0.25, -0.2) is 8.42 Å². The summed E-state index contributed by atoms with van der Waals surface area (Å²) in [4.78, 5) is 2.19. The Morgan fingerprint density at radius 1 is 1.21 bits per heavy atom. The average molecular weight is 395 g/mol. The zero-order valence-corrected chi connectivity index (χ0v) is 16.8. The van der Waals surface area contributed by atoms with Gasteiger partial charge in [-0.15, -0.1) is 0 Å². The Kier molecular flexibility index (Phi) is 3.86. The van der Waals surface area contributed by atoms with Crippen LogP contribution in [0, 0.1) is 0 Å². The van der Waals surface area contributed by atoms with E-state index < -0.39 is 10.0 Å². The van der Waals surface area contributed by atoms with Crippen molar-refractivity contribution in [1.82, 2.24) is 14.6 Å². The summed E-state index contributed by atoms with van der Waals surface area (Å²) in [5.41, 5.74) is 12.4. The first-order valence-corrected chi connectivity index (χ1v) is 11.2. The van der Waals surface area contributed by atoms with E-state index in [2.05, 4.69) is 52.9 Å². The first kappa shape index (κ1) is 17.5. The summed E-state index contributed by atoms with van der Waals surface area (Å²) in [6, 6.07) is 6.35. The molecule has 1 aromatic carbocycles. The van der Waals surface area contributed by atoms with Crippen molar-refractivity contribution in [3.8, 4) is 0 Å². The molecule has 7 heteroatoms. The van der Waals surface area contributed by atoms with Crippen LogP contribution >= 0.6 is 0 Å². The smallest absolute Gasteiger partial charge is 0.211 e. The Morgan fingerprint density at radius 3 is 2.82 bits per heavy atom. The molecule has 1 aliphatic carbocycles. The molecule has 0 unspecified atom stereocenters. The first-order chi connectivity index (χ1) is 13.4. The van der Waals surface area contributed by atoms with Crippen LogP contribution in [0.2, 0.25) is 0 Å². The van der Waals surface area contributed by atoms with Crippen molar-refractivity contribution in [2.45, 2.75) is 6.42 Å². The van der Waals surface area contributed by atoms with Crippen molar-refractivity contribution in [2.75, 3.05) is 32.9 Å². The van der Waals surface area contributed by atoms with Gasteiger partial charge in [0.15, 0.2) is 0 Å². The third-order valence-electron chi connectivity index (χ3n) is 5.71. The summed E-state index contributed by atoms with van der Waals surface area (Å²) in [6.07, 6.45) is 10.3. The summed E-state index contributed by atoms with van der Waals surface area (Å²) in [6.45, 7) is 1.71. The van der Waals surface area contributed by atoms with Crippen molar-refractivity contribution in [1.29, 1.82) is 0 Å². The van der Waals surface area contributed by atoms with Gasteiger partial charge in [-0.05, 0) is 29.2 Å². The summed E-state index contributed by atoms with van der Waals surface area (Å²) >= 11 is 0. The Labute approximate surface area is 165 Å². The molecule has 3 heterocycles. The largest absolute Gasteiger partial charge is 0.375 e. The van der Waals surface area contributed by atoms with Crippen LogP contribution in [0.25, 0.3) is 11.6 Å². The van der Waals surface area contributed by atoms with E-state index in [4.69, 9.17) is 0 Å². The summed E-state index contributed by atoms with van der Waals surface area (Å²) < 4.78 is 25.2. The van der Waals surface area contributed by atoms with E-state index in [-0.39, 0.29) is 0 Å². The summed E-state index contributed by atoms with van der Waals surface area (Å²) in [5.74, 6) is 0. The molecule has 0 spiro atoms. The van der Waals surface area contributed by atoms with E-state index in [1.807, 2.05) is 12.2 Å². The topological polar surface area (TPSA) is 65.0 Å². The molecule has 1 N–H and O–H groups in total. The highest BCUT2D eigenvalue weighted by Crippen LogP contribution is 2.39. The number of sulfonamides is 1. The second kappa shape index (κ2) is 6.18. The fraction of sp³-hybridized carbons (Fsp3) is 0.286. The zero-order chi connectivity index (χ0) is 19.5. The van der Waals surface area contributed by atoms with E-state index in [1.165, 1.54) is 38.4 Å². The standard InChI is InChI=1S/C21H22N4O2S/c1-24-12-17(14-8-10-25(11-9-14)28(2,26)27)21-18(13-24)16-5-3-4-15-6-7-19(20(15)16)22-23-21/h3-8,13,23H,9-12H2,1-2H3. The molecule has 1 aromatic rings. The number of hydrazone groups is 1. The lowest BCUT2D eigenvalue weighted by molar-refractivity contribution is 0.431. The van der Waals surface area contributed by atoms with Crippen molar-refractivity contribution in [3.05, 3.63) is 70.1 Å². The third kappa shape index (κ3) is 2.73. The Morgan fingerprint density at radius 2 is 2.07 bits per heavy atom. The molecule has 0 amide bonds. The van der Waals surface area contributed by atoms with Gasteiger partial charge in [0, 0.05) is 49.6 Å². The number of hydrogen-bond donors (Lipinski definition) is 1. The highest BCUT2D eigenvalue weighted by Gasteiger charge is 2.30. The van der Waals surface area contributed by atoms with E-state index in [1.54, 1.807) is 0 Å². The van der Waals surface area contributed by atoms with E-state index in [9.17, 15) is 8.42 Å². The minimum Gasteiger partial charge on any atom is -0.375 e. The number of nitrogens with zero attached hydrogens (tertiary/aromatic N) is 3. The van der Waals surface area contributed by atoms with Gasteiger partial charge < -0.3 is 4.90 Å². The minimum atomic E-state index is -3.16. The monoisotopic (exact) mass is 394 g/mol. The van der Waals surface area contributed by atoms with Gasteiger partial charge in [0.25, 0.3) is 0 Å². The SMILES string of the molecule is CN1C=C2C(=C(C3=CCN(S(C)(=O)=O)CC3)C1)NN=C1C=Cc3cccc2c31. The minimum absolute atomic E-state index is 0.422. The quantitative estimate of drug-likeness (QED) is 0.835. The summed E-state index contributed by atoms with van der Waals surface area (Å²) in [7, 11) is -1.09. The lowest BCUT2D eigenvalue weighted by Crippen LogP contribution is -2.35. The lowest BCUT2D eigenvalue weighted by atomic mass is 9.88. The lowest BCUT2D eigenvalue weighted by Gasteiger charge is -2.32. The predicted molar refractivity (Wildman–Crippen MR) is 112 cm³/mol. The van der Waals surface area contributed by atoms with Crippen molar-refractivity contribution < 1.29 is 8.42 Å². The Balaban J connectivity index is 1.62. The molecule has 0 atom stereocenters. The molecule has 4 aliphatic rings. The second-order valence-electron chi connectivity index (χ2n) is 7.62. The molecular weight excluding hydrogens is 372 g/mol. The average Bonchev–Trinajstić information content (AvgIpc) is 3.01. The van der Waals surface area contributed by atoms with Crippen molar-refractivity contribution in [3.63, 3.8) is 0 Å². The molecule has 144 valence electrons. The van der Waals surface area contributed by atoms with E-state index >= 15 is 0 Å². The second-order valence-corrected chi connectivity index (χ2v) is 9.61. The number of benzene rings is 1. The molecular formula is C21H22N4O2S. The van der Waals surface area contributed by atoms with Gasteiger partial charge in [-0.2, -0.15) is 9.41 Å². The number of allylic oxidation sites excluding steroid dienone is 2. The Bertz CT molecular complexity index is 1140. The van der Waals surface area contributed by atoms with E-state index in [0.717, 1.165) is 23.5 Å². The number of likely N-dealkylation sites (N-methyl/N-ethyl adjacent to an activating group) is 1. The molecule has 28 heavy (non-hydrogen) atoms. The van der Waals surface area contributed by atoms with Gasteiger partial charge in [-0.1, -0.05) is 30.4 Å². The van der Waals surface area contributed by atoms with Crippen molar-refractivity contribution >= 4 is 27.4 Å². The number of nitrogens with one attached hydrogen (secondary N) is 1. The van der Waals surface area contributed by atoms with Gasteiger partial charge in [-0.3, -0.25) is 5.43 Å². The highest BCUT2D eigenvalue weighted by molar-refractivity contribution is 7.88. The summed E-state index contributed by atoms with van der Waals surface area (Å²) in [5, 5.41) is 4.67. The fourth-order valence-corrected chi connectivity index (χ4v) is 5.09. The van der Waals surface area contributed by atoms with Crippen LogP contribution < -0.4 is 5.43 Å². The maximum Gasteiger partial charge on any atom is 0.211 e. The predicted octanol–water partition coefficient (Wildman–Crippen LogP) is 2.15. The molecule has 0 saturated heterocycles. The Hall–Kier alpha value is -2.64. The van der Waals surface area contributed by atoms with Crippen LogP contribution in [0.15, 0.2) is 58.5 Å². The number of fused-ring (bicyclic) bond motifs is 2. The third-order valence-corrected chi connectivity index (χ3v) is 6.98. The van der Waals surface area contributed by atoms with Crippen molar-refractivity contribution in [2.24, 2.45) is 5.10 Å². The molecule has 0 bridgehead atoms. The van der Waals surface area contributed by atoms with Gasteiger partial charge >= 0.3 is 0 Å². The molecule has 0 radical (unpaired) electrons. The molecule has 6 nitrogen and oxygen atoms in total. The van der Waals surface area contributed by atoms with Crippen LogP contribution in [0.5, 0.6) is 0 Å². The maximum atomic E-state index is 11.8. The highest BCUT2D eigenvalue weighted by atomic mass is 32.2. The van der Waals surface area contributed by atoms with Gasteiger partial charge in [0.2, 0.25) is 10.0 Å². The molecule has 0 aromatic heterocycles. The number of hydrogen-bond acceptors (Lipinski definition) is 5. The fourth-order valence-electron chi connectivity index (χ4n) is 4.32. The van der Waals surface area contributed by atoms with Gasteiger partial charge in [0.1, 0.15) is 0 Å². The molecule has 3 aliphatic heterocycles. The normalized spacial score (nSPS) is 21.4. The van der Waals surface area contributed by atoms with Crippen LogP contribution in [0.3, 0.4) is 0 Å². The van der Waals surface area contributed by atoms with E-state index in [0.29, 0.717) is 19.5 Å². The zero-order valence-electron chi connectivity index (χ0n) is 15.9.